The molecule has 0 saturated heterocycles. The number of hydrogen-bond acceptors (Lipinski definition) is 3. The van der Waals surface area contributed by atoms with Crippen LogP contribution in [0.3, 0.4) is 0 Å². The summed E-state index contributed by atoms with van der Waals surface area (Å²) in [6.07, 6.45) is 1.80. The molecular weight excluding hydrogens is 240 g/mol. The molecule has 6 nitrogen and oxygen atoms in total. The normalized spacial score (nSPS) is 12.1. The Morgan fingerprint density at radius 2 is 2.06 bits per heavy atom. The van der Waals surface area contributed by atoms with Crippen LogP contribution in [0, 0.1) is 13.8 Å². The van der Waals surface area contributed by atoms with Crippen LogP contribution < -0.4 is 4.72 Å². The van der Waals surface area contributed by atoms with E-state index in [2.05, 4.69) is 14.9 Å². The molecule has 0 spiro atoms. The van der Waals surface area contributed by atoms with Gasteiger partial charge < -0.3 is 0 Å². The van der Waals surface area contributed by atoms with Gasteiger partial charge >= 0.3 is 10.2 Å². The molecule has 0 aliphatic carbocycles. The van der Waals surface area contributed by atoms with Crippen molar-refractivity contribution in [1.82, 2.24) is 14.5 Å². The maximum atomic E-state index is 11.9. The lowest BCUT2D eigenvalue weighted by Crippen LogP contribution is -2.33. The van der Waals surface area contributed by atoms with Gasteiger partial charge in [-0.15, -0.1) is 0 Å². The van der Waals surface area contributed by atoms with E-state index in [0.29, 0.717) is 12.4 Å². The summed E-state index contributed by atoms with van der Waals surface area (Å²) in [7, 11) is -1.93. The Balaban J connectivity index is 2.76. The molecular formula is C10H20N4O2S. The van der Waals surface area contributed by atoms with Gasteiger partial charge in [0.15, 0.2) is 5.82 Å². The highest BCUT2D eigenvalue weighted by Gasteiger charge is 2.19. The first kappa shape index (κ1) is 14.0. The number of rotatable bonds is 6. The number of nitrogens with one attached hydrogen (secondary N) is 2. The highest BCUT2D eigenvalue weighted by Crippen LogP contribution is 2.16. The number of H-pyrrole nitrogens is 1. The molecule has 1 aromatic heterocycles. The van der Waals surface area contributed by atoms with Gasteiger partial charge in [-0.05, 0) is 20.3 Å². The van der Waals surface area contributed by atoms with Crippen molar-refractivity contribution in [3.8, 4) is 0 Å². The number of aromatic nitrogens is 2. The van der Waals surface area contributed by atoms with Crippen molar-refractivity contribution in [2.45, 2.75) is 33.6 Å². The fraction of sp³-hybridized carbons (Fsp3) is 0.700. The Hall–Kier alpha value is -1.08. The fourth-order valence-corrected chi connectivity index (χ4v) is 2.25. The van der Waals surface area contributed by atoms with Crippen molar-refractivity contribution in [2.75, 3.05) is 18.3 Å². The minimum atomic E-state index is -3.49. The van der Waals surface area contributed by atoms with Crippen molar-refractivity contribution in [1.29, 1.82) is 0 Å². The van der Waals surface area contributed by atoms with Gasteiger partial charge in [0.25, 0.3) is 0 Å². The molecule has 0 aliphatic heterocycles. The molecule has 0 bridgehead atoms. The standard InChI is InChI=1S/C10H20N4O2S/c1-5-6-7-14(4)17(15,16)13-10-8(2)9(3)11-12-10/h5-7H2,1-4H3,(H2,11,12,13). The lowest BCUT2D eigenvalue weighted by atomic mass is 10.3. The first-order chi connectivity index (χ1) is 7.88. The summed E-state index contributed by atoms with van der Waals surface area (Å²) in [6.45, 7) is 6.20. The Morgan fingerprint density at radius 1 is 1.41 bits per heavy atom. The molecule has 98 valence electrons. The highest BCUT2D eigenvalue weighted by molar-refractivity contribution is 7.90. The Morgan fingerprint density at radius 3 is 2.53 bits per heavy atom. The summed E-state index contributed by atoms with van der Waals surface area (Å²) in [6, 6.07) is 0. The van der Waals surface area contributed by atoms with Crippen molar-refractivity contribution in [3.05, 3.63) is 11.3 Å². The zero-order valence-electron chi connectivity index (χ0n) is 10.7. The molecule has 0 fully saturated rings. The second-order valence-corrected chi connectivity index (χ2v) is 5.88. The summed E-state index contributed by atoms with van der Waals surface area (Å²) in [5.41, 5.74) is 1.68. The summed E-state index contributed by atoms with van der Waals surface area (Å²) in [5.74, 6) is 0.367. The van der Waals surface area contributed by atoms with E-state index in [1.165, 1.54) is 4.31 Å². The van der Waals surface area contributed by atoms with Crippen molar-refractivity contribution in [3.63, 3.8) is 0 Å². The SMILES string of the molecule is CCCCN(C)S(=O)(=O)Nc1n[nH]c(C)c1C. The third-order valence-corrected chi connectivity index (χ3v) is 4.17. The number of hydrogen-bond donors (Lipinski definition) is 2. The van der Waals surface area contributed by atoms with E-state index >= 15 is 0 Å². The van der Waals surface area contributed by atoms with Crippen LogP contribution in [-0.2, 0) is 10.2 Å². The Kier molecular flexibility index (Phi) is 4.53. The number of anilines is 1. The maximum Gasteiger partial charge on any atom is 0.302 e. The fourth-order valence-electron chi connectivity index (χ4n) is 1.29. The smallest absolute Gasteiger partial charge is 0.280 e. The molecule has 0 aliphatic rings. The maximum absolute atomic E-state index is 11.9. The van der Waals surface area contributed by atoms with Crippen molar-refractivity contribution in [2.24, 2.45) is 0 Å². The number of nitrogens with zero attached hydrogens (tertiary/aromatic N) is 2. The third kappa shape index (κ3) is 3.44. The van der Waals surface area contributed by atoms with Gasteiger partial charge in [-0.2, -0.15) is 17.8 Å². The second-order valence-electron chi connectivity index (χ2n) is 4.10. The summed E-state index contributed by atoms with van der Waals surface area (Å²) >= 11 is 0. The van der Waals surface area contributed by atoms with E-state index in [1.807, 2.05) is 20.8 Å². The van der Waals surface area contributed by atoms with Crippen LogP contribution in [0.2, 0.25) is 0 Å². The van der Waals surface area contributed by atoms with Crippen LogP contribution >= 0.6 is 0 Å². The van der Waals surface area contributed by atoms with Gasteiger partial charge in [-0.25, -0.2) is 0 Å². The van der Waals surface area contributed by atoms with E-state index in [0.717, 1.165) is 24.1 Å². The molecule has 0 unspecified atom stereocenters. The molecule has 0 saturated carbocycles. The van der Waals surface area contributed by atoms with Gasteiger partial charge in [0.05, 0.1) is 0 Å². The first-order valence-electron chi connectivity index (χ1n) is 5.64. The summed E-state index contributed by atoms with van der Waals surface area (Å²) < 4.78 is 27.6. The molecule has 0 aromatic carbocycles. The third-order valence-electron chi connectivity index (χ3n) is 2.72. The Bertz CT molecular complexity index is 467. The molecule has 0 atom stereocenters. The van der Waals surface area contributed by atoms with Gasteiger partial charge in [-0.1, -0.05) is 13.3 Å². The van der Waals surface area contributed by atoms with Crippen LogP contribution in [0.15, 0.2) is 0 Å². The zero-order valence-corrected chi connectivity index (χ0v) is 11.6. The predicted octanol–water partition coefficient (Wildman–Crippen LogP) is 1.42. The molecule has 7 heteroatoms. The minimum absolute atomic E-state index is 0.367. The van der Waals surface area contributed by atoms with Crippen molar-refractivity contribution >= 4 is 16.0 Å². The van der Waals surface area contributed by atoms with Gasteiger partial charge in [0.1, 0.15) is 0 Å². The average Bonchev–Trinajstić information content (AvgIpc) is 2.57. The van der Waals surface area contributed by atoms with Gasteiger partial charge in [0.2, 0.25) is 0 Å². The van der Waals surface area contributed by atoms with Crippen molar-refractivity contribution < 1.29 is 8.42 Å². The molecule has 0 radical (unpaired) electrons. The minimum Gasteiger partial charge on any atom is -0.280 e. The molecule has 2 N–H and O–H groups in total. The van der Waals surface area contributed by atoms with E-state index in [-0.39, 0.29) is 0 Å². The molecule has 1 aromatic rings. The highest BCUT2D eigenvalue weighted by atomic mass is 32.2. The van der Waals surface area contributed by atoms with E-state index < -0.39 is 10.2 Å². The largest absolute Gasteiger partial charge is 0.302 e. The monoisotopic (exact) mass is 260 g/mol. The van der Waals surface area contributed by atoms with E-state index in [9.17, 15) is 8.42 Å². The van der Waals surface area contributed by atoms with Gasteiger partial charge in [0, 0.05) is 24.8 Å². The van der Waals surface area contributed by atoms with E-state index in [4.69, 9.17) is 0 Å². The Labute approximate surface area is 103 Å². The summed E-state index contributed by atoms with van der Waals surface area (Å²) in [5, 5.41) is 6.67. The average molecular weight is 260 g/mol. The van der Waals surface area contributed by atoms with Crippen LogP contribution in [0.25, 0.3) is 0 Å². The molecule has 1 rings (SSSR count). The topological polar surface area (TPSA) is 78.1 Å². The predicted molar refractivity (Wildman–Crippen MR) is 68.1 cm³/mol. The van der Waals surface area contributed by atoms with E-state index in [1.54, 1.807) is 7.05 Å². The number of unbranched alkanes of at least 4 members (excludes halogenated alkanes) is 1. The quantitative estimate of drug-likeness (QED) is 0.812. The molecule has 17 heavy (non-hydrogen) atoms. The lowest BCUT2D eigenvalue weighted by molar-refractivity contribution is 0.463. The lowest BCUT2D eigenvalue weighted by Gasteiger charge is -2.17. The second kappa shape index (κ2) is 5.50. The van der Waals surface area contributed by atoms with Gasteiger partial charge in [-0.3, -0.25) is 9.82 Å². The number of aryl methyl sites for hydroxylation is 1. The first-order valence-corrected chi connectivity index (χ1v) is 7.08. The zero-order chi connectivity index (χ0) is 13.1. The van der Waals surface area contributed by atoms with Crippen LogP contribution in [0.5, 0.6) is 0 Å². The van der Waals surface area contributed by atoms with Crippen LogP contribution in [-0.4, -0.2) is 36.5 Å². The molecule has 0 amide bonds. The summed E-state index contributed by atoms with van der Waals surface area (Å²) in [4.78, 5) is 0. The number of aromatic amines is 1. The van der Waals surface area contributed by atoms with Crippen LogP contribution in [0.4, 0.5) is 5.82 Å². The molecule has 1 heterocycles. The van der Waals surface area contributed by atoms with Crippen LogP contribution in [0.1, 0.15) is 31.0 Å².